The summed E-state index contributed by atoms with van der Waals surface area (Å²) >= 11 is 0. The molecule has 0 saturated heterocycles. The van der Waals surface area contributed by atoms with E-state index in [1.54, 1.807) is 7.05 Å². The van der Waals surface area contributed by atoms with E-state index in [9.17, 15) is 0 Å². The van der Waals surface area contributed by atoms with Gasteiger partial charge in [-0.15, -0.1) is 24.0 Å². The van der Waals surface area contributed by atoms with Crippen molar-refractivity contribution >= 4 is 41.3 Å². The van der Waals surface area contributed by atoms with Gasteiger partial charge in [0, 0.05) is 51.5 Å². The van der Waals surface area contributed by atoms with E-state index in [0.29, 0.717) is 25.7 Å². The summed E-state index contributed by atoms with van der Waals surface area (Å²) in [6, 6.07) is 14.2. The zero-order valence-electron chi connectivity index (χ0n) is 16.0. The van der Waals surface area contributed by atoms with Crippen molar-refractivity contribution in [2.75, 3.05) is 44.6 Å². The molecule has 0 aliphatic carbocycles. The monoisotopic (exact) mass is 482 g/mol. The van der Waals surface area contributed by atoms with Gasteiger partial charge in [0.2, 0.25) is 0 Å². The van der Waals surface area contributed by atoms with Gasteiger partial charge in [-0.2, -0.15) is 0 Å². The number of fused-ring (bicyclic) bond motifs is 1. The largest absolute Gasteiger partial charge is 0.490 e. The highest BCUT2D eigenvalue weighted by Gasteiger charge is 2.11. The maximum absolute atomic E-state index is 5.74. The van der Waals surface area contributed by atoms with Gasteiger partial charge in [0.15, 0.2) is 17.5 Å². The number of guanidine groups is 1. The number of halogens is 1. The maximum Gasteiger partial charge on any atom is 0.195 e. The van der Waals surface area contributed by atoms with Gasteiger partial charge in [-0.3, -0.25) is 4.99 Å². The lowest BCUT2D eigenvalue weighted by molar-refractivity contribution is 0.297. The Hall–Kier alpha value is -2.16. The van der Waals surface area contributed by atoms with Gasteiger partial charge in [-0.25, -0.2) is 0 Å². The van der Waals surface area contributed by atoms with Gasteiger partial charge in [-0.1, -0.05) is 12.1 Å². The lowest BCUT2D eigenvalue weighted by atomic mass is 10.2. The normalized spacial score (nSPS) is 13.2. The van der Waals surface area contributed by atoms with Crippen LogP contribution in [0.3, 0.4) is 0 Å². The van der Waals surface area contributed by atoms with E-state index < -0.39 is 0 Å². The van der Waals surface area contributed by atoms with E-state index in [1.165, 1.54) is 11.3 Å². The molecular formula is C20H27IN4O2. The van der Waals surface area contributed by atoms with Crippen LogP contribution in [0.25, 0.3) is 0 Å². The highest BCUT2D eigenvalue weighted by Crippen LogP contribution is 2.32. The molecule has 146 valence electrons. The number of benzene rings is 2. The molecule has 0 unspecified atom stereocenters. The van der Waals surface area contributed by atoms with E-state index in [0.717, 1.165) is 23.6 Å². The van der Waals surface area contributed by atoms with E-state index in [1.807, 2.05) is 32.3 Å². The Morgan fingerprint density at radius 1 is 1.07 bits per heavy atom. The third-order valence-electron chi connectivity index (χ3n) is 4.12. The lowest BCUT2D eigenvalue weighted by Crippen LogP contribution is -2.30. The zero-order chi connectivity index (χ0) is 18.4. The predicted octanol–water partition coefficient (Wildman–Crippen LogP) is 3.72. The number of rotatable bonds is 4. The average molecular weight is 482 g/mol. The van der Waals surface area contributed by atoms with E-state index in [-0.39, 0.29) is 24.0 Å². The van der Waals surface area contributed by atoms with Crippen molar-refractivity contribution in [1.82, 2.24) is 5.32 Å². The van der Waals surface area contributed by atoms with Crippen molar-refractivity contribution < 1.29 is 9.47 Å². The van der Waals surface area contributed by atoms with Crippen molar-refractivity contribution in [3.8, 4) is 11.5 Å². The van der Waals surface area contributed by atoms with Gasteiger partial charge < -0.3 is 25.0 Å². The number of nitrogens with zero attached hydrogens (tertiary/aromatic N) is 2. The second kappa shape index (κ2) is 10.2. The number of anilines is 2. The molecule has 6 nitrogen and oxygen atoms in total. The molecule has 1 aliphatic rings. The molecule has 2 aromatic rings. The minimum absolute atomic E-state index is 0. The number of aliphatic imine (C=N–C) groups is 1. The second-order valence-corrected chi connectivity index (χ2v) is 6.33. The zero-order valence-corrected chi connectivity index (χ0v) is 18.3. The molecule has 1 heterocycles. The first-order chi connectivity index (χ1) is 12.7. The first-order valence-corrected chi connectivity index (χ1v) is 8.79. The van der Waals surface area contributed by atoms with E-state index in [2.05, 4.69) is 44.8 Å². The van der Waals surface area contributed by atoms with E-state index >= 15 is 0 Å². The molecule has 1 aliphatic heterocycles. The Morgan fingerprint density at radius 3 is 2.59 bits per heavy atom. The van der Waals surface area contributed by atoms with Gasteiger partial charge in [0.1, 0.15) is 0 Å². The molecule has 0 radical (unpaired) electrons. The fraction of sp³-hybridized carbons (Fsp3) is 0.350. The lowest BCUT2D eigenvalue weighted by Gasteiger charge is -2.16. The first kappa shape index (κ1) is 21.1. The van der Waals surface area contributed by atoms with Crippen LogP contribution in [0.15, 0.2) is 47.5 Å². The molecule has 0 spiro atoms. The Labute approximate surface area is 178 Å². The third-order valence-corrected chi connectivity index (χ3v) is 4.12. The fourth-order valence-electron chi connectivity index (χ4n) is 2.69. The Balaban J connectivity index is 0.00000261. The molecule has 0 bridgehead atoms. The van der Waals surface area contributed by atoms with Crippen molar-refractivity contribution in [1.29, 1.82) is 0 Å². The van der Waals surface area contributed by atoms with Crippen molar-refractivity contribution in [2.45, 2.75) is 13.0 Å². The molecule has 0 fully saturated rings. The first-order valence-electron chi connectivity index (χ1n) is 8.79. The van der Waals surface area contributed by atoms with Crippen LogP contribution in [0, 0.1) is 0 Å². The quantitative estimate of drug-likeness (QED) is 0.396. The van der Waals surface area contributed by atoms with Gasteiger partial charge in [0.05, 0.1) is 13.2 Å². The van der Waals surface area contributed by atoms with Crippen LogP contribution in [0.4, 0.5) is 11.4 Å². The van der Waals surface area contributed by atoms with Crippen LogP contribution in [0.5, 0.6) is 11.5 Å². The molecular weight excluding hydrogens is 455 g/mol. The number of ether oxygens (including phenoxy) is 2. The molecule has 7 heteroatoms. The minimum Gasteiger partial charge on any atom is -0.490 e. The molecule has 0 saturated carbocycles. The van der Waals surface area contributed by atoms with Crippen LogP contribution in [-0.2, 0) is 6.54 Å². The fourth-order valence-corrected chi connectivity index (χ4v) is 2.69. The van der Waals surface area contributed by atoms with Crippen LogP contribution >= 0.6 is 24.0 Å². The van der Waals surface area contributed by atoms with Gasteiger partial charge in [-0.05, 0) is 29.8 Å². The van der Waals surface area contributed by atoms with Crippen LogP contribution < -0.4 is 25.0 Å². The molecule has 27 heavy (non-hydrogen) atoms. The number of hydrogen-bond donors (Lipinski definition) is 2. The highest BCUT2D eigenvalue weighted by atomic mass is 127. The van der Waals surface area contributed by atoms with Crippen molar-refractivity contribution in [2.24, 2.45) is 4.99 Å². The summed E-state index contributed by atoms with van der Waals surface area (Å²) in [5.41, 5.74) is 3.28. The summed E-state index contributed by atoms with van der Waals surface area (Å²) in [5, 5.41) is 6.64. The molecule has 3 rings (SSSR count). The summed E-state index contributed by atoms with van der Waals surface area (Å²) in [4.78, 5) is 6.39. The van der Waals surface area contributed by atoms with Crippen molar-refractivity contribution in [3.63, 3.8) is 0 Å². The highest BCUT2D eigenvalue weighted by molar-refractivity contribution is 14.0. The summed E-state index contributed by atoms with van der Waals surface area (Å²) in [6.45, 7) is 2.05. The maximum atomic E-state index is 5.74. The SMILES string of the molecule is CN=C(NCc1cccc(N(C)C)c1)Nc1ccc2c(c1)OCCCO2.I. The molecule has 2 aromatic carbocycles. The third kappa shape index (κ3) is 5.92. The standard InChI is InChI=1S/C20H26N4O2.HI/c1-21-20(22-14-15-6-4-7-17(12-15)24(2)3)23-16-8-9-18-19(13-16)26-11-5-10-25-18;/h4,6-9,12-13H,5,10-11,14H2,1-3H3,(H2,21,22,23);1H. The molecule has 0 aromatic heterocycles. The number of hydrogen-bond acceptors (Lipinski definition) is 4. The second-order valence-electron chi connectivity index (χ2n) is 6.33. The molecule has 0 amide bonds. The van der Waals surface area contributed by atoms with Gasteiger partial charge in [0.25, 0.3) is 0 Å². The Kier molecular flexibility index (Phi) is 8.02. The van der Waals surface area contributed by atoms with E-state index in [4.69, 9.17) is 9.47 Å². The smallest absolute Gasteiger partial charge is 0.195 e. The van der Waals surface area contributed by atoms with Crippen molar-refractivity contribution in [3.05, 3.63) is 48.0 Å². The Bertz CT molecular complexity index is 780. The summed E-state index contributed by atoms with van der Waals surface area (Å²) in [7, 11) is 5.84. The van der Waals surface area contributed by atoms with Crippen LogP contribution in [0.2, 0.25) is 0 Å². The topological polar surface area (TPSA) is 58.1 Å². The molecule has 0 atom stereocenters. The van der Waals surface area contributed by atoms with Gasteiger partial charge >= 0.3 is 0 Å². The van der Waals surface area contributed by atoms with Crippen LogP contribution in [-0.4, -0.2) is 40.3 Å². The number of nitrogens with one attached hydrogen (secondary N) is 2. The minimum atomic E-state index is 0. The average Bonchev–Trinajstić information content (AvgIpc) is 2.90. The summed E-state index contributed by atoms with van der Waals surface area (Å²) < 4.78 is 11.4. The molecule has 2 N–H and O–H groups in total. The summed E-state index contributed by atoms with van der Waals surface area (Å²) in [6.07, 6.45) is 0.896. The Morgan fingerprint density at radius 2 is 1.85 bits per heavy atom. The summed E-state index contributed by atoms with van der Waals surface area (Å²) in [5.74, 6) is 2.26. The predicted molar refractivity (Wildman–Crippen MR) is 122 cm³/mol. The van der Waals surface area contributed by atoms with Crippen LogP contribution in [0.1, 0.15) is 12.0 Å².